The summed E-state index contributed by atoms with van der Waals surface area (Å²) in [6.45, 7) is -0.259. The lowest BCUT2D eigenvalue weighted by Crippen LogP contribution is -2.45. The van der Waals surface area contributed by atoms with Gasteiger partial charge in [0.15, 0.2) is 0 Å². The monoisotopic (exact) mass is 385 g/mol. The molecule has 6 heteroatoms. The van der Waals surface area contributed by atoms with E-state index in [9.17, 15) is 15.0 Å². The molecule has 0 amide bonds. The van der Waals surface area contributed by atoms with Crippen LogP contribution in [-0.2, 0) is 9.53 Å². The van der Waals surface area contributed by atoms with Crippen molar-refractivity contribution in [2.75, 3.05) is 13.7 Å². The maximum Gasteiger partial charge on any atom is 0.316 e. The third kappa shape index (κ3) is 3.76. The molecule has 2 N–H and O–H groups in total. The largest absolute Gasteiger partial charge is 0.462 e. The Hall–Kier alpha value is -0.950. The number of benzene rings is 1. The van der Waals surface area contributed by atoms with E-state index in [1.807, 2.05) is 37.4 Å². The molecule has 0 saturated carbocycles. The summed E-state index contributed by atoms with van der Waals surface area (Å²) in [5.74, 6) is -1.01. The highest BCUT2D eigenvalue weighted by Crippen LogP contribution is 2.36. The number of carbonyl (C=O) groups excluding carboxylic acids is 1. The summed E-state index contributed by atoms with van der Waals surface area (Å²) < 4.78 is 5.64. The second-order valence-electron chi connectivity index (χ2n) is 6.37. The van der Waals surface area contributed by atoms with Gasteiger partial charge in [0.1, 0.15) is 12.0 Å². The minimum atomic E-state index is -0.636. The second kappa shape index (κ2) is 7.75. The molecule has 2 fully saturated rings. The molecule has 2 bridgehead atoms. The van der Waals surface area contributed by atoms with E-state index in [1.165, 1.54) is 0 Å². The number of hydrogen-bond donors (Lipinski definition) is 2. The molecule has 1 aromatic carbocycles. The maximum absolute atomic E-state index is 12.4. The highest BCUT2D eigenvalue weighted by atomic mass is 79.9. The Kier molecular flexibility index (Phi) is 6.19. The van der Waals surface area contributed by atoms with Gasteiger partial charge in [-0.15, -0.1) is 17.0 Å². The van der Waals surface area contributed by atoms with Crippen molar-refractivity contribution >= 4 is 23.0 Å². The number of rotatable bonds is 4. The summed E-state index contributed by atoms with van der Waals surface area (Å²) in [7, 11) is 2.02. The number of piperidine rings is 1. The van der Waals surface area contributed by atoms with E-state index in [0.717, 1.165) is 18.4 Å². The molecule has 5 atom stereocenters. The third-order valence-electron chi connectivity index (χ3n) is 5.05. The van der Waals surface area contributed by atoms with Gasteiger partial charge in [-0.2, -0.15) is 0 Å². The van der Waals surface area contributed by atoms with E-state index in [1.54, 1.807) is 0 Å². The van der Waals surface area contributed by atoms with E-state index in [-0.39, 0.29) is 53.8 Å². The van der Waals surface area contributed by atoms with Crippen molar-refractivity contribution in [3.05, 3.63) is 35.9 Å². The Morgan fingerprint density at radius 3 is 2.61 bits per heavy atom. The fourth-order valence-electron chi connectivity index (χ4n) is 3.74. The van der Waals surface area contributed by atoms with Crippen LogP contribution in [0.3, 0.4) is 0 Å². The number of aliphatic hydroxyl groups excluding tert-OH is 2. The van der Waals surface area contributed by atoms with Crippen LogP contribution in [0.5, 0.6) is 0 Å². The molecule has 3 rings (SSSR count). The number of aliphatic hydroxyl groups is 2. The topological polar surface area (TPSA) is 70.0 Å². The molecule has 0 radical (unpaired) electrons. The van der Waals surface area contributed by atoms with Crippen LogP contribution in [-0.4, -0.2) is 59.0 Å². The summed E-state index contributed by atoms with van der Waals surface area (Å²) in [5, 5.41) is 19.6. The average Bonchev–Trinajstić information content (AvgIpc) is 2.68. The Labute approximate surface area is 147 Å². The lowest BCUT2D eigenvalue weighted by molar-refractivity contribution is -0.155. The zero-order valence-corrected chi connectivity index (χ0v) is 14.9. The molecule has 2 aliphatic heterocycles. The molecule has 0 aliphatic carbocycles. The first-order valence-corrected chi connectivity index (χ1v) is 7.86. The lowest BCUT2D eigenvalue weighted by Gasteiger charge is -2.36. The average molecular weight is 386 g/mol. The number of esters is 1. The molecule has 128 valence electrons. The first-order valence-electron chi connectivity index (χ1n) is 7.86. The SMILES string of the molecule is Br.CN1[C@H]2C[C@H](OC(=O)[C@H](CO)c3ccccc3)C[C@@H]1[C@@H](O)C2. The maximum atomic E-state index is 12.4. The van der Waals surface area contributed by atoms with Crippen LogP contribution in [0.1, 0.15) is 30.7 Å². The fourth-order valence-corrected chi connectivity index (χ4v) is 3.74. The molecule has 5 nitrogen and oxygen atoms in total. The molecular formula is C17H24BrNO4. The molecule has 0 aromatic heterocycles. The van der Waals surface area contributed by atoms with Crippen molar-refractivity contribution in [3.8, 4) is 0 Å². The van der Waals surface area contributed by atoms with E-state index in [4.69, 9.17) is 4.74 Å². The van der Waals surface area contributed by atoms with Crippen molar-refractivity contribution in [2.45, 2.75) is 49.5 Å². The van der Waals surface area contributed by atoms with Crippen molar-refractivity contribution in [1.82, 2.24) is 4.90 Å². The van der Waals surface area contributed by atoms with Crippen LogP contribution in [0.15, 0.2) is 30.3 Å². The van der Waals surface area contributed by atoms with Crippen molar-refractivity contribution in [2.24, 2.45) is 0 Å². The Morgan fingerprint density at radius 1 is 1.30 bits per heavy atom. The predicted octanol–water partition coefficient (Wildman–Crippen LogP) is 1.48. The van der Waals surface area contributed by atoms with Crippen LogP contribution in [0.25, 0.3) is 0 Å². The minimum absolute atomic E-state index is 0. The molecular weight excluding hydrogens is 362 g/mol. The van der Waals surface area contributed by atoms with Gasteiger partial charge in [0, 0.05) is 24.9 Å². The molecule has 2 saturated heterocycles. The van der Waals surface area contributed by atoms with Crippen LogP contribution in [0, 0.1) is 0 Å². The van der Waals surface area contributed by atoms with Gasteiger partial charge in [-0.05, 0) is 19.0 Å². The van der Waals surface area contributed by atoms with Crippen LogP contribution >= 0.6 is 17.0 Å². The third-order valence-corrected chi connectivity index (χ3v) is 5.05. The number of carbonyl (C=O) groups is 1. The smallest absolute Gasteiger partial charge is 0.316 e. The Morgan fingerprint density at radius 2 is 2.00 bits per heavy atom. The number of nitrogens with zero attached hydrogens (tertiary/aromatic N) is 1. The molecule has 1 aromatic rings. The molecule has 23 heavy (non-hydrogen) atoms. The van der Waals surface area contributed by atoms with Gasteiger partial charge in [0.2, 0.25) is 0 Å². The Balaban J connectivity index is 0.00000192. The van der Waals surface area contributed by atoms with Gasteiger partial charge in [0.25, 0.3) is 0 Å². The van der Waals surface area contributed by atoms with Crippen molar-refractivity contribution in [1.29, 1.82) is 0 Å². The standard InChI is InChI=1S/C17H23NO4.BrH/c1-18-12-7-13(9-15(18)16(20)8-12)22-17(21)14(10-19)11-5-3-2-4-6-11;/h2-6,12-16,19-20H,7-10H2,1H3;1H/t12-,13-,14+,15+,16-;/m0./s1. The lowest BCUT2D eigenvalue weighted by atomic mass is 9.98. The number of likely N-dealkylation sites (N-methyl/N-ethyl adjacent to an activating group) is 1. The van der Waals surface area contributed by atoms with Crippen LogP contribution < -0.4 is 0 Å². The van der Waals surface area contributed by atoms with E-state index >= 15 is 0 Å². The predicted molar refractivity (Wildman–Crippen MR) is 91.7 cm³/mol. The van der Waals surface area contributed by atoms with Crippen molar-refractivity contribution < 1.29 is 19.7 Å². The van der Waals surface area contributed by atoms with Crippen LogP contribution in [0.4, 0.5) is 0 Å². The Bertz CT molecular complexity index is 527. The first kappa shape index (κ1) is 18.4. The molecule has 0 unspecified atom stereocenters. The van der Waals surface area contributed by atoms with Gasteiger partial charge in [-0.25, -0.2) is 0 Å². The van der Waals surface area contributed by atoms with Gasteiger partial charge in [-0.3, -0.25) is 9.69 Å². The number of ether oxygens (including phenoxy) is 1. The van der Waals surface area contributed by atoms with Gasteiger partial charge in [0.05, 0.1) is 12.7 Å². The zero-order valence-electron chi connectivity index (χ0n) is 13.2. The summed E-state index contributed by atoms with van der Waals surface area (Å²) in [6.07, 6.45) is 1.66. The molecule has 2 aliphatic rings. The van der Waals surface area contributed by atoms with Gasteiger partial charge >= 0.3 is 5.97 Å². The fraction of sp³-hybridized carbons (Fsp3) is 0.588. The quantitative estimate of drug-likeness (QED) is 0.768. The number of hydrogen-bond acceptors (Lipinski definition) is 5. The summed E-state index contributed by atoms with van der Waals surface area (Å²) >= 11 is 0. The second-order valence-corrected chi connectivity index (χ2v) is 6.37. The minimum Gasteiger partial charge on any atom is -0.462 e. The summed E-state index contributed by atoms with van der Waals surface area (Å²) in [6, 6.07) is 9.56. The van der Waals surface area contributed by atoms with Crippen molar-refractivity contribution in [3.63, 3.8) is 0 Å². The number of fused-ring (bicyclic) bond motifs is 2. The number of halogens is 1. The summed E-state index contributed by atoms with van der Waals surface area (Å²) in [5.41, 5.74) is 0.769. The van der Waals surface area contributed by atoms with Gasteiger partial charge < -0.3 is 14.9 Å². The highest BCUT2D eigenvalue weighted by molar-refractivity contribution is 8.93. The molecule has 2 heterocycles. The van der Waals surface area contributed by atoms with Gasteiger partial charge in [-0.1, -0.05) is 30.3 Å². The first-order chi connectivity index (χ1) is 10.6. The van der Waals surface area contributed by atoms with Crippen LogP contribution in [0.2, 0.25) is 0 Å². The normalized spacial score (nSPS) is 31.3. The highest BCUT2D eigenvalue weighted by Gasteiger charge is 2.45. The molecule has 0 spiro atoms. The summed E-state index contributed by atoms with van der Waals surface area (Å²) in [4.78, 5) is 14.6. The van der Waals surface area contributed by atoms with E-state index < -0.39 is 5.92 Å². The van der Waals surface area contributed by atoms with E-state index in [2.05, 4.69) is 4.90 Å². The zero-order chi connectivity index (χ0) is 15.7. The van der Waals surface area contributed by atoms with E-state index in [0.29, 0.717) is 6.42 Å².